The number of aromatic nitrogens is 5. The van der Waals surface area contributed by atoms with Crippen LogP contribution >= 0.6 is 23.1 Å². The monoisotopic (exact) mass is 442 g/mol. The van der Waals surface area contributed by atoms with E-state index in [-0.39, 0.29) is 5.91 Å². The summed E-state index contributed by atoms with van der Waals surface area (Å²) in [6.07, 6.45) is 7.99. The Morgan fingerprint density at radius 1 is 1.10 bits per heavy atom. The molecule has 7 nitrogen and oxygen atoms in total. The van der Waals surface area contributed by atoms with E-state index in [1.165, 1.54) is 40.7 Å². The van der Waals surface area contributed by atoms with Gasteiger partial charge in [-0.15, -0.1) is 16.4 Å². The smallest absolute Gasteiger partial charge is 0.233 e. The maximum Gasteiger partial charge on any atom is 0.233 e. The molecule has 30 heavy (non-hydrogen) atoms. The second kappa shape index (κ2) is 9.01. The lowest BCUT2D eigenvalue weighted by Gasteiger charge is -2.31. The van der Waals surface area contributed by atoms with Crippen LogP contribution < -0.4 is 0 Å². The molecule has 2 aromatic heterocycles. The van der Waals surface area contributed by atoms with Gasteiger partial charge in [-0.3, -0.25) is 4.79 Å². The highest BCUT2D eigenvalue weighted by molar-refractivity contribution is 7.99. The summed E-state index contributed by atoms with van der Waals surface area (Å²) in [7, 11) is 0. The lowest BCUT2D eigenvalue weighted by Crippen LogP contribution is -2.39. The number of carbonyl (C=O) groups excluding carboxylic acids is 1. The van der Waals surface area contributed by atoms with Crippen LogP contribution in [0, 0.1) is 0 Å². The minimum atomic E-state index is 0.181. The second-order valence-electron chi connectivity index (χ2n) is 8.16. The molecule has 2 aliphatic rings. The average Bonchev–Trinajstić information content (AvgIpc) is 3.45. The van der Waals surface area contributed by atoms with Gasteiger partial charge in [0.25, 0.3) is 0 Å². The van der Waals surface area contributed by atoms with E-state index >= 15 is 0 Å². The standard InChI is InChI=1S/C21H26N6OS2/c28-19(14-29-21-23-24-25-27(21)16-6-2-1-3-7-16)26-12-10-15(11-13-26)20-22-17-8-4-5-9-18(17)30-20/h4-5,8-9,15-16H,1-3,6-7,10-14H2. The van der Waals surface area contributed by atoms with Crippen molar-refractivity contribution in [3.8, 4) is 0 Å². The van der Waals surface area contributed by atoms with Crippen LogP contribution in [0.1, 0.15) is 61.9 Å². The summed E-state index contributed by atoms with van der Waals surface area (Å²) in [5, 5.41) is 14.2. The lowest BCUT2D eigenvalue weighted by atomic mass is 9.96. The predicted molar refractivity (Wildman–Crippen MR) is 119 cm³/mol. The van der Waals surface area contributed by atoms with Crippen LogP contribution in [-0.2, 0) is 4.79 Å². The summed E-state index contributed by atoms with van der Waals surface area (Å²) in [4.78, 5) is 19.6. The lowest BCUT2D eigenvalue weighted by molar-refractivity contribution is -0.129. The van der Waals surface area contributed by atoms with Crippen LogP contribution in [0.25, 0.3) is 10.2 Å². The Morgan fingerprint density at radius 2 is 1.90 bits per heavy atom. The van der Waals surface area contributed by atoms with Crippen molar-refractivity contribution in [1.29, 1.82) is 0 Å². The van der Waals surface area contributed by atoms with Gasteiger partial charge in [-0.1, -0.05) is 43.2 Å². The number of nitrogens with zero attached hydrogens (tertiary/aromatic N) is 6. The fourth-order valence-corrected chi connectivity index (χ4v) is 6.48. The summed E-state index contributed by atoms with van der Waals surface area (Å²) >= 11 is 3.27. The molecular weight excluding hydrogens is 416 g/mol. The number of likely N-dealkylation sites (tertiary alicyclic amines) is 1. The third kappa shape index (κ3) is 4.23. The highest BCUT2D eigenvalue weighted by Gasteiger charge is 2.27. The van der Waals surface area contributed by atoms with Gasteiger partial charge in [0, 0.05) is 19.0 Å². The molecule has 1 amide bonds. The summed E-state index contributed by atoms with van der Waals surface area (Å²) in [5.41, 5.74) is 1.09. The maximum absolute atomic E-state index is 12.8. The zero-order valence-electron chi connectivity index (χ0n) is 16.9. The molecule has 1 aromatic carbocycles. The van der Waals surface area contributed by atoms with E-state index in [0.717, 1.165) is 49.4 Å². The zero-order valence-corrected chi connectivity index (χ0v) is 18.6. The van der Waals surface area contributed by atoms with Gasteiger partial charge >= 0.3 is 0 Å². The molecule has 1 saturated heterocycles. The number of fused-ring (bicyclic) bond motifs is 1. The summed E-state index contributed by atoms with van der Waals surface area (Å²) in [6, 6.07) is 8.69. The molecule has 1 saturated carbocycles. The van der Waals surface area contributed by atoms with Gasteiger partial charge < -0.3 is 4.90 Å². The molecule has 9 heteroatoms. The summed E-state index contributed by atoms with van der Waals surface area (Å²) in [6.45, 7) is 1.60. The summed E-state index contributed by atoms with van der Waals surface area (Å²) < 4.78 is 3.19. The largest absolute Gasteiger partial charge is 0.342 e. The molecule has 0 spiro atoms. The van der Waals surface area contributed by atoms with Crippen molar-refractivity contribution in [3.05, 3.63) is 29.3 Å². The second-order valence-corrected chi connectivity index (χ2v) is 10.2. The van der Waals surface area contributed by atoms with Crippen molar-refractivity contribution in [1.82, 2.24) is 30.1 Å². The Kier molecular flexibility index (Phi) is 5.99. The molecule has 0 bridgehead atoms. The van der Waals surface area contributed by atoms with E-state index in [1.54, 1.807) is 11.3 Å². The van der Waals surface area contributed by atoms with Crippen molar-refractivity contribution in [2.45, 2.75) is 62.1 Å². The number of thioether (sulfide) groups is 1. The van der Waals surface area contributed by atoms with Crippen LogP contribution in [0.4, 0.5) is 0 Å². The Morgan fingerprint density at radius 3 is 2.70 bits per heavy atom. The van der Waals surface area contributed by atoms with Crippen molar-refractivity contribution in [2.24, 2.45) is 0 Å². The van der Waals surface area contributed by atoms with E-state index in [9.17, 15) is 4.79 Å². The molecule has 1 aliphatic heterocycles. The normalized spacial score (nSPS) is 18.9. The fraction of sp³-hybridized carbons (Fsp3) is 0.571. The molecular formula is C21H26N6OS2. The highest BCUT2D eigenvalue weighted by Crippen LogP contribution is 2.34. The van der Waals surface area contributed by atoms with E-state index in [4.69, 9.17) is 4.98 Å². The SMILES string of the molecule is O=C(CSc1nnnn1C1CCCCC1)N1CCC(c2nc3ccccc3s2)CC1. The number of amides is 1. The van der Waals surface area contributed by atoms with Crippen LogP contribution in [0.5, 0.6) is 0 Å². The molecule has 3 heterocycles. The molecule has 0 radical (unpaired) electrons. The first-order valence-electron chi connectivity index (χ1n) is 10.8. The van der Waals surface area contributed by atoms with Crippen molar-refractivity contribution in [2.75, 3.05) is 18.8 Å². The number of para-hydroxylation sites is 1. The number of thiazole rings is 1. The van der Waals surface area contributed by atoms with Crippen LogP contribution in [-0.4, -0.2) is 54.8 Å². The van der Waals surface area contributed by atoms with Crippen molar-refractivity contribution in [3.63, 3.8) is 0 Å². The first kappa shape index (κ1) is 19.9. The summed E-state index contributed by atoms with van der Waals surface area (Å²) in [5.74, 6) is 1.04. The van der Waals surface area contributed by atoms with E-state index in [2.05, 4.69) is 33.7 Å². The van der Waals surface area contributed by atoms with Crippen LogP contribution in [0.2, 0.25) is 0 Å². The number of rotatable bonds is 5. The minimum Gasteiger partial charge on any atom is -0.342 e. The molecule has 3 aromatic rings. The number of hydrogen-bond acceptors (Lipinski definition) is 7. The molecule has 5 rings (SSSR count). The molecule has 2 fully saturated rings. The number of hydrogen-bond donors (Lipinski definition) is 0. The van der Waals surface area contributed by atoms with Gasteiger partial charge in [-0.2, -0.15) is 0 Å². The molecule has 158 valence electrons. The van der Waals surface area contributed by atoms with E-state index in [0.29, 0.717) is 17.7 Å². The third-order valence-corrected chi connectivity index (χ3v) is 8.33. The van der Waals surface area contributed by atoms with Crippen molar-refractivity contribution >= 4 is 39.2 Å². The first-order chi connectivity index (χ1) is 14.8. The minimum absolute atomic E-state index is 0.181. The fourth-order valence-electron chi connectivity index (χ4n) is 4.49. The Balaban J connectivity index is 1.14. The van der Waals surface area contributed by atoms with Gasteiger partial charge in [0.2, 0.25) is 11.1 Å². The van der Waals surface area contributed by atoms with Gasteiger partial charge in [0.15, 0.2) is 0 Å². The van der Waals surface area contributed by atoms with Crippen LogP contribution in [0.15, 0.2) is 29.4 Å². The molecule has 1 aliphatic carbocycles. The first-order valence-corrected chi connectivity index (χ1v) is 12.6. The Labute approximate surface area is 184 Å². The zero-order chi connectivity index (χ0) is 20.3. The maximum atomic E-state index is 12.8. The van der Waals surface area contributed by atoms with Crippen molar-refractivity contribution < 1.29 is 4.79 Å². The Bertz CT molecular complexity index is 971. The molecule has 0 unspecified atom stereocenters. The number of carbonyl (C=O) groups is 1. The Hall–Kier alpha value is -2.00. The van der Waals surface area contributed by atoms with Gasteiger partial charge in [0.05, 0.1) is 27.0 Å². The molecule has 0 atom stereocenters. The quantitative estimate of drug-likeness (QED) is 0.549. The van der Waals surface area contributed by atoms with Crippen LogP contribution in [0.3, 0.4) is 0 Å². The van der Waals surface area contributed by atoms with Gasteiger partial charge in [-0.05, 0) is 48.2 Å². The predicted octanol–water partition coefficient (Wildman–Crippen LogP) is 4.29. The number of piperidine rings is 1. The van der Waals surface area contributed by atoms with E-state index < -0.39 is 0 Å². The topological polar surface area (TPSA) is 76.8 Å². The van der Waals surface area contributed by atoms with Gasteiger partial charge in [0.1, 0.15) is 0 Å². The number of tetrazole rings is 1. The van der Waals surface area contributed by atoms with Gasteiger partial charge in [-0.25, -0.2) is 9.67 Å². The average molecular weight is 443 g/mol. The highest BCUT2D eigenvalue weighted by atomic mass is 32.2. The number of benzene rings is 1. The third-order valence-electron chi connectivity index (χ3n) is 6.22. The van der Waals surface area contributed by atoms with E-state index in [1.807, 2.05) is 15.6 Å². The molecule has 0 N–H and O–H groups in total.